The fourth-order valence-corrected chi connectivity index (χ4v) is 11.7. The van der Waals surface area contributed by atoms with Gasteiger partial charge in [0.25, 0.3) is 5.92 Å². The number of aromatic amines is 2. The molecule has 362 valence electrons. The van der Waals surface area contributed by atoms with E-state index in [4.69, 9.17) is 9.72 Å². The number of nitrogens with zero attached hydrogens (tertiary/aromatic N) is 4. The van der Waals surface area contributed by atoms with Crippen LogP contribution in [0.1, 0.15) is 107 Å². The maximum Gasteiger partial charge on any atom is 0.408 e. The molecular formula is C54H56F2N8O6. The summed E-state index contributed by atoms with van der Waals surface area (Å²) in [4.78, 5) is 73.0. The van der Waals surface area contributed by atoms with Gasteiger partial charge < -0.3 is 40.2 Å². The minimum absolute atomic E-state index is 0.0171. The number of imidazole rings is 2. The van der Waals surface area contributed by atoms with Crippen molar-refractivity contribution in [2.75, 3.05) is 6.54 Å². The highest BCUT2D eigenvalue weighted by Gasteiger charge is 2.56. The van der Waals surface area contributed by atoms with Gasteiger partial charge in [0.2, 0.25) is 11.8 Å². The van der Waals surface area contributed by atoms with Gasteiger partial charge >= 0.3 is 12.2 Å². The van der Waals surface area contributed by atoms with Crippen molar-refractivity contribution in [1.82, 2.24) is 40.4 Å². The number of alkyl halides is 2. The molecule has 4 fully saturated rings. The number of alkyl carbamates (subject to hydrolysis) is 1. The van der Waals surface area contributed by atoms with E-state index in [2.05, 4.69) is 25.6 Å². The third kappa shape index (κ3) is 7.94. The molecule has 2 aliphatic heterocycles. The number of hydrogen-bond acceptors (Lipinski definition) is 7. The topological polar surface area (TPSA) is 186 Å². The molecule has 11 rings (SSSR count). The van der Waals surface area contributed by atoms with Crippen LogP contribution in [0.25, 0.3) is 44.5 Å². The van der Waals surface area contributed by atoms with Crippen LogP contribution in [0.5, 0.6) is 0 Å². The zero-order valence-corrected chi connectivity index (χ0v) is 39.5. The van der Waals surface area contributed by atoms with Crippen LogP contribution in [0.4, 0.5) is 18.4 Å². The molecule has 5 N–H and O–H groups in total. The van der Waals surface area contributed by atoms with E-state index in [1.165, 1.54) is 6.07 Å². The Balaban J connectivity index is 0.817. The van der Waals surface area contributed by atoms with E-state index in [1.807, 2.05) is 73.3 Å². The summed E-state index contributed by atoms with van der Waals surface area (Å²) in [5, 5.41) is 14.7. The normalized spacial score (nSPS) is 22.1. The zero-order valence-electron chi connectivity index (χ0n) is 39.5. The van der Waals surface area contributed by atoms with Crippen LogP contribution in [0.15, 0.2) is 91.1 Å². The van der Waals surface area contributed by atoms with E-state index in [1.54, 1.807) is 49.2 Å². The minimum atomic E-state index is -3.31. The zero-order chi connectivity index (χ0) is 48.8. The predicted octanol–water partition coefficient (Wildman–Crippen LogP) is 10.1. The number of carbonyl (C=O) groups excluding carboxylic acids is 3. The maximum atomic E-state index is 16.7. The largest absolute Gasteiger partial charge is 0.465 e. The van der Waals surface area contributed by atoms with E-state index >= 15 is 8.78 Å². The predicted molar refractivity (Wildman–Crippen MR) is 257 cm³/mol. The summed E-state index contributed by atoms with van der Waals surface area (Å²) >= 11 is 0. The maximum absolute atomic E-state index is 16.7. The van der Waals surface area contributed by atoms with Crippen molar-refractivity contribution in [1.29, 1.82) is 0 Å². The lowest BCUT2D eigenvalue weighted by atomic mass is 9.95. The van der Waals surface area contributed by atoms with E-state index in [9.17, 15) is 24.3 Å². The second kappa shape index (κ2) is 17.1. The summed E-state index contributed by atoms with van der Waals surface area (Å²) in [7, 11) is 0. The second-order valence-corrected chi connectivity index (χ2v) is 20.8. The van der Waals surface area contributed by atoms with Gasteiger partial charge in [0.05, 0.1) is 35.0 Å². The van der Waals surface area contributed by atoms with Gasteiger partial charge in [-0.1, -0.05) is 88.4 Å². The number of amides is 4. The first kappa shape index (κ1) is 45.3. The molecule has 1 spiro atoms. The number of ether oxygens (including phenoxy) is 1. The Hall–Kier alpha value is -7.10. The van der Waals surface area contributed by atoms with Crippen LogP contribution in [0.2, 0.25) is 0 Å². The summed E-state index contributed by atoms with van der Waals surface area (Å²) in [6.45, 7) is 8.02. The number of rotatable bonds is 12. The first-order valence-electron chi connectivity index (χ1n) is 24.4. The van der Waals surface area contributed by atoms with Crippen molar-refractivity contribution < 1.29 is 37.8 Å². The summed E-state index contributed by atoms with van der Waals surface area (Å²) in [6.07, 6.45) is 5.00. The highest BCUT2D eigenvalue weighted by molar-refractivity contribution is 5.89. The molecule has 70 heavy (non-hydrogen) atoms. The van der Waals surface area contributed by atoms with Crippen molar-refractivity contribution in [3.05, 3.63) is 119 Å². The molecule has 5 aliphatic rings. The van der Waals surface area contributed by atoms with Crippen molar-refractivity contribution in [3.63, 3.8) is 0 Å². The minimum Gasteiger partial charge on any atom is -0.465 e. The molecule has 14 nitrogen and oxygen atoms in total. The average Bonchev–Trinajstić information content (AvgIpc) is 4.01. The summed E-state index contributed by atoms with van der Waals surface area (Å²) in [5.41, 5.74) is 5.33. The Kier molecular flexibility index (Phi) is 11.1. The molecular weight excluding hydrogens is 895 g/mol. The van der Waals surface area contributed by atoms with Crippen molar-refractivity contribution in [2.24, 2.45) is 23.2 Å². The molecule has 2 saturated heterocycles. The Morgan fingerprint density at radius 2 is 1.49 bits per heavy atom. The smallest absolute Gasteiger partial charge is 0.408 e. The SMILES string of the molecule is CC(C)C(NC(=O)O)C(=O)N1CC2(CC2)CC1c1ncc(-c2ccc3c(c2)C(F)(F)c2cc(-c4ccc5[nH]c([C@@H]6C7CCC(C7)N6C(=O)C(NC(=O)OCc6ccccc6)C(C)C)nc5c4)ccc2-3)[nH]1. The second-order valence-electron chi connectivity index (χ2n) is 20.8. The lowest BCUT2D eigenvalue weighted by Crippen LogP contribution is -2.54. The number of carbonyl (C=O) groups is 4. The number of benzene rings is 4. The highest BCUT2D eigenvalue weighted by Crippen LogP contribution is 2.59. The molecule has 4 amide bonds. The van der Waals surface area contributed by atoms with Crippen LogP contribution in [-0.2, 0) is 26.9 Å². The van der Waals surface area contributed by atoms with Gasteiger partial charge in [-0.15, -0.1) is 0 Å². The molecule has 3 aliphatic carbocycles. The number of H-pyrrole nitrogens is 2. The lowest BCUT2D eigenvalue weighted by Gasteiger charge is -2.37. The van der Waals surface area contributed by atoms with Crippen LogP contribution in [-0.4, -0.2) is 83.5 Å². The van der Waals surface area contributed by atoms with Crippen molar-refractivity contribution in [3.8, 4) is 33.5 Å². The monoisotopic (exact) mass is 950 g/mol. The quantitative estimate of drug-likeness (QED) is 0.0802. The summed E-state index contributed by atoms with van der Waals surface area (Å²) in [5.74, 6) is -2.85. The molecule has 5 unspecified atom stereocenters. The Morgan fingerprint density at radius 1 is 0.814 bits per heavy atom. The van der Waals surface area contributed by atoms with Crippen LogP contribution in [0, 0.1) is 23.2 Å². The first-order valence-corrected chi connectivity index (χ1v) is 24.4. The fraction of sp³-hybridized carbons (Fsp3) is 0.407. The Morgan fingerprint density at radius 3 is 2.19 bits per heavy atom. The lowest BCUT2D eigenvalue weighted by molar-refractivity contribution is -0.139. The number of likely N-dealkylation sites (tertiary alicyclic amines) is 2. The van der Waals surface area contributed by atoms with Crippen molar-refractivity contribution in [2.45, 2.75) is 109 Å². The molecule has 4 heterocycles. The number of nitrogens with one attached hydrogen (secondary N) is 4. The van der Waals surface area contributed by atoms with Crippen LogP contribution < -0.4 is 10.6 Å². The number of piperidine rings is 1. The van der Waals surface area contributed by atoms with Gasteiger partial charge in [0, 0.05) is 29.3 Å². The highest BCUT2D eigenvalue weighted by atomic mass is 19.3. The van der Waals surface area contributed by atoms with Gasteiger partial charge in [0.1, 0.15) is 30.3 Å². The standard InChI is InChI=1S/C54H56F2N8O6/c1-28(2)44(61-51(67)68)49(65)63-27-53(18-19-53)24-43(63)47-57-25-42(60-47)33-12-16-37-36-15-11-31(21-38(36)54(55,56)39(37)22-33)32-13-17-40-41(23-32)59-48(58-40)46-34-10-14-35(20-34)64(46)50(66)45(29(3)4)62-52(69)70-26-30-8-6-5-7-9-30/h5-9,11-13,15-17,21-23,25,28-29,34-35,43-46,61H,10,14,18-20,24,26-27H2,1-4H3,(H,57,60)(H,58,59)(H,62,69)(H,67,68)/t34?,35?,43?,44?,45?,46-/m0/s1. The van der Waals surface area contributed by atoms with Crippen LogP contribution >= 0.6 is 0 Å². The first-order chi connectivity index (χ1) is 33.6. The number of aromatic nitrogens is 4. The number of hydrogen-bond donors (Lipinski definition) is 5. The van der Waals surface area contributed by atoms with E-state index in [0.717, 1.165) is 48.7 Å². The van der Waals surface area contributed by atoms with E-state index in [-0.39, 0.29) is 64.8 Å². The van der Waals surface area contributed by atoms with Gasteiger partial charge in [-0.05, 0) is 114 Å². The molecule has 6 aromatic rings. The molecule has 2 bridgehead atoms. The number of fused-ring (bicyclic) bond motifs is 6. The number of carboxylic acid groups (broad SMARTS) is 1. The van der Waals surface area contributed by atoms with Crippen molar-refractivity contribution >= 4 is 35.0 Å². The summed E-state index contributed by atoms with van der Waals surface area (Å²) in [6, 6.07) is 22.8. The van der Waals surface area contributed by atoms with E-state index < -0.39 is 36.2 Å². The molecule has 2 aromatic heterocycles. The van der Waals surface area contributed by atoms with E-state index in [0.29, 0.717) is 58.1 Å². The molecule has 0 radical (unpaired) electrons. The molecule has 16 heteroatoms. The number of halogens is 2. The third-order valence-corrected chi connectivity index (χ3v) is 15.6. The van der Waals surface area contributed by atoms with Gasteiger partial charge in [0.15, 0.2) is 0 Å². The van der Waals surface area contributed by atoms with Gasteiger partial charge in [-0.3, -0.25) is 9.59 Å². The molecule has 4 aromatic carbocycles. The van der Waals surface area contributed by atoms with Gasteiger partial charge in [-0.25, -0.2) is 19.6 Å². The average molecular weight is 951 g/mol. The Labute approximate surface area is 403 Å². The summed E-state index contributed by atoms with van der Waals surface area (Å²) < 4.78 is 39.0. The van der Waals surface area contributed by atoms with Crippen LogP contribution in [0.3, 0.4) is 0 Å². The Bertz CT molecular complexity index is 3050. The fourth-order valence-electron chi connectivity index (χ4n) is 11.7. The molecule has 6 atom stereocenters. The van der Waals surface area contributed by atoms with Gasteiger partial charge in [-0.2, -0.15) is 8.78 Å². The third-order valence-electron chi connectivity index (χ3n) is 15.6. The molecule has 2 saturated carbocycles.